The molecule has 1 atom stereocenters. The van der Waals surface area contributed by atoms with Crippen LogP contribution < -0.4 is 5.32 Å². The summed E-state index contributed by atoms with van der Waals surface area (Å²) in [5.41, 5.74) is 1.35. The number of benzene rings is 1. The first-order chi connectivity index (χ1) is 7.84. The summed E-state index contributed by atoms with van der Waals surface area (Å²) < 4.78 is 0. The van der Waals surface area contributed by atoms with Gasteiger partial charge >= 0.3 is 0 Å². The number of hydrogen-bond acceptors (Lipinski definition) is 2. The van der Waals surface area contributed by atoms with Crippen molar-refractivity contribution in [1.29, 1.82) is 0 Å². The standard InChI is InChI=1S/C13H18ClNS/c14-12-4-1-3-11(9-12)6-8-16-13-5-2-7-15-10-13/h1,3-4,9,13,15H,2,5-8,10H2. The van der Waals surface area contributed by atoms with Gasteiger partial charge in [0.15, 0.2) is 0 Å². The van der Waals surface area contributed by atoms with Crippen LogP contribution in [0.3, 0.4) is 0 Å². The lowest BCUT2D eigenvalue weighted by Crippen LogP contribution is -2.31. The van der Waals surface area contributed by atoms with Gasteiger partial charge in [0.2, 0.25) is 0 Å². The third kappa shape index (κ3) is 4.00. The van der Waals surface area contributed by atoms with E-state index in [2.05, 4.69) is 29.2 Å². The van der Waals surface area contributed by atoms with Crippen molar-refractivity contribution in [2.24, 2.45) is 0 Å². The lowest BCUT2D eigenvalue weighted by molar-refractivity contribution is 0.531. The Bertz CT molecular complexity index is 323. The molecule has 1 heterocycles. The van der Waals surface area contributed by atoms with E-state index in [-0.39, 0.29) is 0 Å². The molecule has 0 spiro atoms. The van der Waals surface area contributed by atoms with Crippen LogP contribution in [-0.2, 0) is 6.42 Å². The zero-order chi connectivity index (χ0) is 11.2. The van der Waals surface area contributed by atoms with Crippen molar-refractivity contribution >= 4 is 23.4 Å². The third-order valence-corrected chi connectivity index (χ3v) is 4.43. The Morgan fingerprint density at radius 2 is 2.38 bits per heavy atom. The van der Waals surface area contributed by atoms with E-state index < -0.39 is 0 Å². The average molecular weight is 256 g/mol. The van der Waals surface area contributed by atoms with Crippen LogP contribution in [0.15, 0.2) is 24.3 Å². The number of nitrogens with one attached hydrogen (secondary N) is 1. The van der Waals surface area contributed by atoms with E-state index >= 15 is 0 Å². The molecule has 1 saturated heterocycles. The molecule has 0 amide bonds. The number of piperidine rings is 1. The van der Waals surface area contributed by atoms with Gasteiger partial charge < -0.3 is 5.32 Å². The highest BCUT2D eigenvalue weighted by atomic mass is 35.5. The Labute approximate surface area is 107 Å². The molecule has 16 heavy (non-hydrogen) atoms. The molecule has 0 radical (unpaired) electrons. The maximum Gasteiger partial charge on any atom is 0.0408 e. The van der Waals surface area contributed by atoms with Gasteiger partial charge in [-0.25, -0.2) is 0 Å². The van der Waals surface area contributed by atoms with Gasteiger partial charge in [-0.2, -0.15) is 11.8 Å². The van der Waals surface area contributed by atoms with Crippen LogP contribution in [0.5, 0.6) is 0 Å². The lowest BCUT2D eigenvalue weighted by Gasteiger charge is -2.22. The minimum Gasteiger partial charge on any atom is -0.316 e. The highest BCUT2D eigenvalue weighted by Gasteiger charge is 2.12. The molecule has 1 aromatic rings. The monoisotopic (exact) mass is 255 g/mol. The van der Waals surface area contributed by atoms with Gasteiger partial charge in [-0.15, -0.1) is 0 Å². The molecule has 1 aromatic carbocycles. The molecule has 88 valence electrons. The van der Waals surface area contributed by atoms with Gasteiger partial charge in [0.05, 0.1) is 0 Å². The summed E-state index contributed by atoms with van der Waals surface area (Å²) in [5, 5.41) is 5.11. The molecule has 1 aliphatic rings. The number of halogens is 1. The fourth-order valence-corrected chi connectivity index (χ4v) is 3.47. The Morgan fingerprint density at radius 3 is 3.12 bits per heavy atom. The third-order valence-electron chi connectivity index (χ3n) is 2.88. The molecule has 1 N–H and O–H groups in total. The summed E-state index contributed by atoms with van der Waals surface area (Å²) in [4.78, 5) is 0. The number of thioether (sulfide) groups is 1. The normalized spacial score (nSPS) is 20.9. The fraction of sp³-hybridized carbons (Fsp3) is 0.538. The van der Waals surface area contributed by atoms with Crippen LogP contribution in [0.25, 0.3) is 0 Å². The minimum absolute atomic E-state index is 0.813. The fourth-order valence-electron chi connectivity index (χ4n) is 2.00. The van der Waals surface area contributed by atoms with E-state index in [1.54, 1.807) is 0 Å². The van der Waals surface area contributed by atoms with Crippen LogP contribution in [0.1, 0.15) is 18.4 Å². The zero-order valence-electron chi connectivity index (χ0n) is 9.42. The number of hydrogen-bond donors (Lipinski definition) is 1. The van der Waals surface area contributed by atoms with Crippen molar-refractivity contribution in [2.75, 3.05) is 18.8 Å². The van der Waals surface area contributed by atoms with Crippen molar-refractivity contribution in [3.05, 3.63) is 34.9 Å². The molecule has 0 aliphatic carbocycles. The SMILES string of the molecule is Clc1cccc(CCSC2CCCNC2)c1. The molecule has 0 bridgehead atoms. The second-order valence-corrected chi connectivity index (χ2v) is 6.06. The van der Waals surface area contributed by atoms with Crippen LogP contribution in [0, 0.1) is 0 Å². The highest BCUT2D eigenvalue weighted by molar-refractivity contribution is 7.99. The molecule has 1 nitrogen and oxygen atoms in total. The van der Waals surface area contributed by atoms with Crippen molar-refractivity contribution in [3.63, 3.8) is 0 Å². The van der Waals surface area contributed by atoms with E-state index in [4.69, 9.17) is 11.6 Å². The molecular weight excluding hydrogens is 238 g/mol. The Kier molecular flexibility index (Phi) is 5.01. The summed E-state index contributed by atoms with van der Waals surface area (Å²) in [6.07, 6.45) is 3.82. The van der Waals surface area contributed by atoms with Crippen LogP contribution in [0.4, 0.5) is 0 Å². The minimum atomic E-state index is 0.813. The van der Waals surface area contributed by atoms with Crippen LogP contribution >= 0.6 is 23.4 Å². The number of rotatable bonds is 4. The van der Waals surface area contributed by atoms with E-state index in [1.165, 1.54) is 37.2 Å². The smallest absolute Gasteiger partial charge is 0.0408 e. The van der Waals surface area contributed by atoms with E-state index in [0.29, 0.717) is 0 Å². The molecule has 3 heteroatoms. The van der Waals surface area contributed by atoms with Crippen molar-refractivity contribution in [3.8, 4) is 0 Å². The molecule has 1 aliphatic heterocycles. The number of aryl methyl sites for hydroxylation is 1. The first kappa shape index (κ1) is 12.3. The summed E-state index contributed by atoms with van der Waals surface area (Å²) >= 11 is 8.05. The van der Waals surface area contributed by atoms with E-state index in [9.17, 15) is 0 Å². The molecule has 1 unspecified atom stereocenters. The summed E-state index contributed by atoms with van der Waals surface area (Å²) in [6, 6.07) is 8.19. The van der Waals surface area contributed by atoms with E-state index in [0.717, 1.165) is 16.7 Å². The average Bonchev–Trinajstić information content (AvgIpc) is 2.30. The first-order valence-electron chi connectivity index (χ1n) is 5.91. The quantitative estimate of drug-likeness (QED) is 0.886. The molecule has 0 aromatic heterocycles. The highest BCUT2D eigenvalue weighted by Crippen LogP contribution is 2.20. The van der Waals surface area contributed by atoms with Gasteiger partial charge in [0, 0.05) is 16.8 Å². The van der Waals surface area contributed by atoms with Crippen molar-refractivity contribution in [2.45, 2.75) is 24.5 Å². The first-order valence-corrected chi connectivity index (χ1v) is 7.34. The summed E-state index contributed by atoms with van der Waals surface area (Å²) in [6.45, 7) is 2.38. The van der Waals surface area contributed by atoms with Gasteiger partial charge in [0.25, 0.3) is 0 Å². The summed E-state index contributed by atoms with van der Waals surface area (Å²) in [7, 11) is 0. The second kappa shape index (κ2) is 6.53. The topological polar surface area (TPSA) is 12.0 Å². The van der Waals surface area contributed by atoms with Gasteiger partial charge in [-0.1, -0.05) is 23.7 Å². The molecule has 2 rings (SSSR count). The maximum absolute atomic E-state index is 5.96. The van der Waals surface area contributed by atoms with E-state index in [1.807, 2.05) is 12.1 Å². The Balaban J connectivity index is 1.71. The predicted octanol–water partition coefficient (Wildman–Crippen LogP) is 3.37. The van der Waals surface area contributed by atoms with Crippen LogP contribution in [-0.4, -0.2) is 24.1 Å². The van der Waals surface area contributed by atoms with Gasteiger partial charge in [-0.3, -0.25) is 0 Å². The summed E-state index contributed by atoms with van der Waals surface area (Å²) in [5.74, 6) is 1.20. The van der Waals surface area contributed by atoms with Crippen molar-refractivity contribution < 1.29 is 0 Å². The zero-order valence-corrected chi connectivity index (χ0v) is 11.0. The molecular formula is C13H18ClNS. The second-order valence-electron chi connectivity index (χ2n) is 4.22. The molecule has 0 saturated carbocycles. The maximum atomic E-state index is 5.96. The molecule has 1 fully saturated rings. The Hall–Kier alpha value is -0.180. The lowest BCUT2D eigenvalue weighted by atomic mass is 10.2. The van der Waals surface area contributed by atoms with Crippen LogP contribution in [0.2, 0.25) is 5.02 Å². The predicted molar refractivity (Wildman–Crippen MR) is 73.5 cm³/mol. The Morgan fingerprint density at radius 1 is 1.44 bits per heavy atom. The van der Waals surface area contributed by atoms with Gasteiger partial charge in [-0.05, 0) is 49.3 Å². The van der Waals surface area contributed by atoms with Gasteiger partial charge in [0.1, 0.15) is 0 Å². The van der Waals surface area contributed by atoms with Crippen molar-refractivity contribution in [1.82, 2.24) is 5.32 Å². The largest absolute Gasteiger partial charge is 0.316 e.